The molecule has 8 heteroatoms. The fourth-order valence-corrected chi connectivity index (χ4v) is 6.93. The molecule has 0 aliphatic carbocycles. The van der Waals surface area contributed by atoms with Crippen LogP contribution in [0.3, 0.4) is 0 Å². The van der Waals surface area contributed by atoms with Crippen LogP contribution in [0.1, 0.15) is 51.0 Å². The van der Waals surface area contributed by atoms with E-state index in [-0.39, 0.29) is 11.8 Å². The SMILES string of the molecule is CCCCC12CCC(CCOc3ccc(Cl)cn3)(O1)C1C(=O)N(c3ccc4ccccc4c3C#N)C(=O)C12. The van der Waals surface area contributed by atoms with E-state index in [4.69, 9.17) is 21.1 Å². The van der Waals surface area contributed by atoms with Crippen LogP contribution in [0.5, 0.6) is 5.88 Å². The van der Waals surface area contributed by atoms with Gasteiger partial charge in [-0.05, 0) is 36.8 Å². The first kappa shape index (κ1) is 24.8. The molecule has 3 aliphatic rings. The average molecular weight is 530 g/mol. The molecule has 7 nitrogen and oxygen atoms in total. The van der Waals surface area contributed by atoms with Crippen molar-refractivity contribution in [3.8, 4) is 11.9 Å². The summed E-state index contributed by atoms with van der Waals surface area (Å²) in [4.78, 5) is 33.7. The summed E-state index contributed by atoms with van der Waals surface area (Å²) in [7, 11) is 0. The molecule has 6 rings (SSSR count). The van der Waals surface area contributed by atoms with Gasteiger partial charge in [0.05, 0.1) is 45.9 Å². The molecule has 194 valence electrons. The van der Waals surface area contributed by atoms with Gasteiger partial charge in [-0.1, -0.05) is 61.7 Å². The monoisotopic (exact) mass is 529 g/mol. The molecule has 2 amide bonds. The lowest BCUT2D eigenvalue weighted by molar-refractivity contribution is -0.132. The number of carbonyl (C=O) groups is 2. The summed E-state index contributed by atoms with van der Waals surface area (Å²) in [6, 6.07) is 16.8. The molecule has 0 N–H and O–H groups in total. The lowest BCUT2D eigenvalue weighted by Crippen LogP contribution is -2.43. The largest absolute Gasteiger partial charge is 0.478 e. The zero-order valence-corrected chi connectivity index (χ0v) is 21.9. The van der Waals surface area contributed by atoms with Crippen LogP contribution in [-0.4, -0.2) is 34.6 Å². The maximum atomic E-state index is 14.1. The van der Waals surface area contributed by atoms with Gasteiger partial charge in [-0.2, -0.15) is 5.26 Å². The molecule has 3 fully saturated rings. The number of benzene rings is 2. The van der Waals surface area contributed by atoms with E-state index in [1.54, 1.807) is 18.2 Å². The molecular formula is C30H28ClN3O4. The number of unbranched alkanes of at least 4 members (excludes halogenated alkanes) is 1. The summed E-state index contributed by atoms with van der Waals surface area (Å²) in [6.07, 6.45) is 6.00. The smallest absolute Gasteiger partial charge is 0.240 e. The lowest BCUT2D eigenvalue weighted by Gasteiger charge is -2.31. The number of fused-ring (bicyclic) bond motifs is 6. The van der Waals surface area contributed by atoms with Gasteiger partial charge in [0.2, 0.25) is 17.7 Å². The Kier molecular flexibility index (Phi) is 6.13. The molecular weight excluding hydrogens is 502 g/mol. The molecule has 38 heavy (non-hydrogen) atoms. The van der Waals surface area contributed by atoms with Crippen molar-refractivity contribution in [1.82, 2.24) is 4.98 Å². The van der Waals surface area contributed by atoms with E-state index in [2.05, 4.69) is 18.0 Å². The van der Waals surface area contributed by atoms with Crippen molar-refractivity contribution in [2.45, 2.75) is 56.7 Å². The third kappa shape index (κ3) is 3.70. The van der Waals surface area contributed by atoms with Crippen molar-refractivity contribution >= 4 is 39.9 Å². The molecule has 1 aromatic heterocycles. The van der Waals surface area contributed by atoms with E-state index in [0.717, 1.165) is 36.5 Å². The quantitative estimate of drug-likeness (QED) is 0.341. The number of nitriles is 1. The van der Waals surface area contributed by atoms with E-state index >= 15 is 0 Å². The first-order valence-corrected chi connectivity index (χ1v) is 13.5. The maximum absolute atomic E-state index is 14.1. The fraction of sp³-hybridized carbons (Fsp3) is 0.400. The van der Waals surface area contributed by atoms with Crippen molar-refractivity contribution in [1.29, 1.82) is 5.26 Å². The van der Waals surface area contributed by atoms with Gasteiger partial charge in [0, 0.05) is 24.1 Å². The van der Waals surface area contributed by atoms with Crippen LogP contribution in [0.2, 0.25) is 5.02 Å². The van der Waals surface area contributed by atoms with Crippen LogP contribution in [-0.2, 0) is 14.3 Å². The molecule has 0 saturated carbocycles. The number of carbonyl (C=O) groups excluding carboxylic acids is 2. The van der Waals surface area contributed by atoms with Gasteiger partial charge in [-0.15, -0.1) is 0 Å². The number of hydrogen-bond donors (Lipinski definition) is 0. The predicted molar refractivity (Wildman–Crippen MR) is 143 cm³/mol. The van der Waals surface area contributed by atoms with Gasteiger partial charge < -0.3 is 9.47 Å². The minimum atomic E-state index is -0.796. The number of hydrogen-bond acceptors (Lipinski definition) is 6. The van der Waals surface area contributed by atoms with Crippen molar-refractivity contribution in [2.24, 2.45) is 11.8 Å². The lowest BCUT2D eigenvalue weighted by atomic mass is 9.65. The Morgan fingerprint density at radius 2 is 1.82 bits per heavy atom. The Morgan fingerprint density at radius 3 is 2.50 bits per heavy atom. The first-order chi connectivity index (χ1) is 18.4. The van der Waals surface area contributed by atoms with Gasteiger partial charge in [0.25, 0.3) is 0 Å². The summed E-state index contributed by atoms with van der Waals surface area (Å²) in [5, 5.41) is 12.2. The Morgan fingerprint density at radius 1 is 1.08 bits per heavy atom. The topological polar surface area (TPSA) is 92.5 Å². The number of aromatic nitrogens is 1. The molecule has 3 aromatic rings. The Balaban J connectivity index is 1.36. The summed E-state index contributed by atoms with van der Waals surface area (Å²) < 4.78 is 12.7. The molecule has 2 bridgehead atoms. The van der Waals surface area contributed by atoms with Crippen molar-refractivity contribution < 1.29 is 19.1 Å². The predicted octanol–water partition coefficient (Wildman–Crippen LogP) is 5.83. The van der Waals surface area contributed by atoms with Gasteiger partial charge in [0.15, 0.2) is 0 Å². The van der Waals surface area contributed by atoms with Gasteiger partial charge in [-0.3, -0.25) is 9.59 Å². The summed E-state index contributed by atoms with van der Waals surface area (Å²) in [6.45, 7) is 2.41. The second-order valence-corrected chi connectivity index (χ2v) is 10.9. The zero-order chi connectivity index (χ0) is 26.5. The van der Waals surface area contributed by atoms with Crippen LogP contribution in [0.25, 0.3) is 10.8 Å². The van der Waals surface area contributed by atoms with Gasteiger partial charge in [0.1, 0.15) is 6.07 Å². The highest BCUT2D eigenvalue weighted by atomic mass is 35.5. The van der Waals surface area contributed by atoms with Crippen molar-refractivity contribution in [3.63, 3.8) is 0 Å². The number of anilines is 1. The zero-order valence-electron chi connectivity index (χ0n) is 21.2. The van der Waals surface area contributed by atoms with E-state index in [0.29, 0.717) is 41.6 Å². The van der Waals surface area contributed by atoms with Crippen LogP contribution >= 0.6 is 11.6 Å². The van der Waals surface area contributed by atoms with Crippen LogP contribution in [0.4, 0.5) is 5.69 Å². The molecule has 0 spiro atoms. The number of nitrogens with zero attached hydrogens (tertiary/aromatic N) is 3. The minimum Gasteiger partial charge on any atom is -0.478 e. The first-order valence-electron chi connectivity index (χ1n) is 13.2. The highest BCUT2D eigenvalue weighted by Crippen LogP contribution is 2.64. The van der Waals surface area contributed by atoms with Crippen LogP contribution < -0.4 is 9.64 Å². The summed E-state index contributed by atoms with van der Waals surface area (Å²) >= 11 is 5.93. The number of amides is 2. The Hall–Kier alpha value is -3.47. The molecule has 4 heterocycles. The number of rotatable bonds is 8. The highest BCUT2D eigenvalue weighted by Gasteiger charge is 2.75. The standard InChI is InChI=1S/C30H28ClN3O4/c1-2-3-12-29-13-14-30(38-29,15-16-37-24-11-9-20(31)18-33-24)26-25(29)27(35)34(28(26)36)23-10-8-19-6-4-5-7-21(19)22(23)17-32/h4-11,18,25-26H,2-3,12-16H2,1H3. The number of ether oxygens (including phenoxy) is 2. The number of imide groups is 1. The third-order valence-corrected chi connectivity index (χ3v) is 8.73. The fourth-order valence-electron chi connectivity index (χ4n) is 6.81. The summed E-state index contributed by atoms with van der Waals surface area (Å²) in [5.41, 5.74) is -0.774. The number of halogens is 1. The molecule has 3 saturated heterocycles. The van der Waals surface area contributed by atoms with Crippen molar-refractivity contribution in [3.05, 3.63) is 65.3 Å². The molecule has 3 aliphatic heterocycles. The van der Waals surface area contributed by atoms with Gasteiger partial charge >= 0.3 is 0 Å². The van der Waals surface area contributed by atoms with Crippen LogP contribution in [0, 0.1) is 23.2 Å². The molecule has 4 unspecified atom stereocenters. The molecule has 2 aromatic carbocycles. The Bertz CT molecular complexity index is 1470. The maximum Gasteiger partial charge on any atom is 0.240 e. The minimum absolute atomic E-state index is 0.259. The molecule has 0 radical (unpaired) electrons. The highest BCUT2D eigenvalue weighted by molar-refractivity contribution is 6.30. The van der Waals surface area contributed by atoms with E-state index in [9.17, 15) is 14.9 Å². The normalized spacial score (nSPS) is 27.7. The average Bonchev–Trinajstić information content (AvgIpc) is 3.54. The van der Waals surface area contributed by atoms with Gasteiger partial charge in [-0.25, -0.2) is 9.88 Å². The molecule has 4 atom stereocenters. The van der Waals surface area contributed by atoms with Crippen molar-refractivity contribution in [2.75, 3.05) is 11.5 Å². The number of pyridine rings is 1. The van der Waals surface area contributed by atoms with E-state index in [1.807, 2.05) is 30.3 Å². The van der Waals surface area contributed by atoms with E-state index < -0.39 is 23.0 Å². The third-order valence-electron chi connectivity index (χ3n) is 8.51. The van der Waals surface area contributed by atoms with E-state index in [1.165, 1.54) is 11.1 Å². The summed E-state index contributed by atoms with van der Waals surface area (Å²) in [5.74, 6) is -1.28. The Labute approximate surface area is 226 Å². The van der Waals surface area contributed by atoms with Crippen LogP contribution in [0.15, 0.2) is 54.7 Å². The second-order valence-electron chi connectivity index (χ2n) is 10.5. The second kappa shape index (κ2) is 9.37.